The Balaban J connectivity index is 1.63. The monoisotopic (exact) mass is 367 g/mol. The van der Waals surface area contributed by atoms with E-state index < -0.39 is 0 Å². The number of piperazine rings is 1. The van der Waals surface area contributed by atoms with E-state index in [-0.39, 0.29) is 6.03 Å². The number of benzene rings is 1. The Labute approximate surface area is 161 Å². The molecule has 1 saturated heterocycles. The number of nitrogens with zero attached hydrogens (tertiary/aromatic N) is 3. The van der Waals surface area contributed by atoms with Crippen molar-refractivity contribution in [1.82, 2.24) is 9.88 Å². The first kappa shape index (κ1) is 19.2. The molecule has 2 heterocycles. The van der Waals surface area contributed by atoms with E-state index in [1.807, 2.05) is 39.0 Å². The Hall–Kier alpha value is -2.60. The van der Waals surface area contributed by atoms with E-state index in [0.717, 1.165) is 61.0 Å². The number of anilines is 3. The van der Waals surface area contributed by atoms with E-state index in [4.69, 9.17) is 0 Å². The van der Waals surface area contributed by atoms with Crippen LogP contribution >= 0.6 is 0 Å². The summed E-state index contributed by atoms with van der Waals surface area (Å²) >= 11 is 0. The minimum atomic E-state index is -0.254. The third kappa shape index (κ3) is 4.77. The van der Waals surface area contributed by atoms with Crippen molar-refractivity contribution in [3.8, 4) is 0 Å². The van der Waals surface area contributed by atoms with Crippen LogP contribution in [0.15, 0.2) is 30.3 Å². The molecule has 6 heteroatoms. The quantitative estimate of drug-likeness (QED) is 0.863. The minimum absolute atomic E-state index is 0.254. The predicted molar refractivity (Wildman–Crippen MR) is 112 cm³/mol. The summed E-state index contributed by atoms with van der Waals surface area (Å²) in [5.41, 5.74) is 5.56. The summed E-state index contributed by atoms with van der Waals surface area (Å²) in [6.07, 6.45) is 0. The van der Waals surface area contributed by atoms with E-state index in [0.29, 0.717) is 0 Å². The first-order valence-corrected chi connectivity index (χ1v) is 9.56. The average Bonchev–Trinajstić information content (AvgIpc) is 2.66. The van der Waals surface area contributed by atoms with E-state index in [9.17, 15) is 4.79 Å². The van der Waals surface area contributed by atoms with Gasteiger partial charge in [0.25, 0.3) is 0 Å². The number of urea groups is 1. The summed E-state index contributed by atoms with van der Waals surface area (Å²) < 4.78 is 0. The Morgan fingerprint density at radius 2 is 1.67 bits per heavy atom. The largest absolute Gasteiger partial charge is 0.369 e. The number of hydrogen-bond acceptors (Lipinski definition) is 4. The van der Waals surface area contributed by atoms with Gasteiger partial charge in [0, 0.05) is 43.2 Å². The van der Waals surface area contributed by atoms with Crippen LogP contribution in [0.4, 0.5) is 21.9 Å². The molecule has 0 bridgehead atoms. The summed E-state index contributed by atoms with van der Waals surface area (Å²) in [6, 6.07) is 9.73. The van der Waals surface area contributed by atoms with Crippen molar-refractivity contribution < 1.29 is 4.79 Å². The fourth-order valence-electron chi connectivity index (χ4n) is 3.40. The number of amides is 2. The van der Waals surface area contributed by atoms with Crippen molar-refractivity contribution in [3.63, 3.8) is 0 Å². The van der Waals surface area contributed by atoms with Crippen LogP contribution < -0.4 is 15.5 Å². The van der Waals surface area contributed by atoms with E-state index in [1.54, 1.807) is 0 Å². The lowest BCUT2D eigenvalue weighted by Crippen LogP contribution is -2.46. The van der Waals surface area contributed by atoms with Crippen molar-refractivity contribution in [3.05, 3.63) is 47.3 Å². The SMILES string of the molecule is CCN1CCN(c2ccc(NC(=O)Nc3ccc(C)nc3C)c(C)c2)CC1. The zero-order chi connectivity index (χ0) is 19.4. The maximum atomic E-state index is 12.4. The number of nitrogens with one attached hydrogen (secondary N) is 2. The molecule has 0 atom stereocenters. The zero-order valence-corrected chi connectivity index (χ0v) is 16.7. The molecular weight excluding hydrogens is 338 g/mol. The molecule has 0 unspecified atom stereocenters. The van der Waals surface area contributed by atoms with Gasteiger partial charge in [0.15, 0.2) is 0 Å². The number of rotatable bonds is 4. The Morgan fingerprint density at radius 1 is 1.00 bits per heavy atom. The van der Waals surface area contributed by atoms with Crippen molar-refractivity contribution in [2.24, 2.45) is 0 Å². The molecule has 2 aromatic rings. The Morgan fingerprint density at radius 3 is 2.30 bits per heavy atom. The predicted octanol–water partition coefficient (Wildman–Crippen LogP) is 3.79. The second kappa shape index (κ2) is 8.39. The lowest BCUT2D eigenvalue weighted by Gasteiger charge is -2.35. The number of pyridine rings is 1. The highest BCUT2D eigenvalue weighted by Crippen LogP contribution is 2.24. The van der Waals surface area contributed by atoms with Gasteiger partial charge in [-0.25, -0.2) is 4.79 Å². The Bertz CT molecular complexity index is 812. The highest BCUT2D eigenvalue weighted by atomic mass is 16.2. The molecule has 0 radical (unpaired) electrons. The summed E-state index contributed by atoms with van der Waals surface area (Å²) in [6.45, 7) is 13.5. The molecule has 6 nitrogen and oxygen atoms in total. The smallest absolute Gasteiger partial charge is 0.323 e. The van der Waals surface area contributed by atoms with Gasteiger partial charge in [-0.2, -0.15) is 0 Å². The second-order valence-corrected chi connectivity index (χ2v) is 7.09. The summed E-state index contributed by atoms with van der Waals surface area (Å²) in [5.74, 6) is 0. The van der Waals surface area contributed by atoms with Crippen LogP contribution in [0, 0.1) is 20.8 Å². The van der Waals surface area contributed by atoms with Gasteiger partial charge in [0.05, 0.1) is 11.4 Å². The third-order valence-electron chi connectivity index (χ3n) is 5.12. The topological polar surface area (TPSA) is 60.5 Å². The fraction of sp³-hybridized carbons (Fsp3) is 0.429. The van der Waals surface area contributed by atoms with Gasteiger partial charge in [0.1, 0.15) is 0 Å². The molecule has 1 aromatic carbocycles. The van der Waals surface area contributed by atoms with Crippen LogP contribution in [-0.2, 0) is 0 Å². The van der Waals surface area contributed by atoms with Crippen LogP contribution in [0.25, 0.3) is 0 Å². The first-order chi connectivity index (χ1) is 13.0. The van der Waals surface area contributed by atoms with Crippen molar-refractivity contribution >= 4 is 23.1 Å². The number of aryl methyl sites for hydroxylation is 3. The van der Waals surface area contributed by atoms with Gasteiger partial charge in [0.2, 0.25) is 0 Å². The normalized spacial score (nSPS) is 14.9. The number of carbonyl (C=O) groups excluding carboxylic acids is 1. The van der Waals surface area contributed by atoms with Crippen LogP contribution in [-0.4, -0.2) is 48.6 Å². The minimum Gasteiger partial charge on any atom is -0.369 e. The lowest BCUT2D eigenvalue weighted by atomic mass is 10.1. The fourth-order valence-corrected chi connectivity index (χ4v) is 3.40. The summed E-state index contributed by atoms with van der Waals surface area (Å²) in [4.78, 5) is 21.6. The average molecular weight is 367 g/mol. The highest BCUT2D eigenvalue weighted by Gasteiger charge is 2.16. The molecule has 2 amide bonds. The van der Waals surface area contributed by atoms with Crippen LogP contribution in [0.2, 0.25) is 0 Å². The lowest BCUT2D eigenvalue weighted by molar-refractivity contribution is 0.262. The Kier molecular flexibility index (Phi) is 5.96. The van der Waals surface area contributed by atoms with Crippen LogP contribution in [0.1, 0.15) is 23.9 Å². The van der Waals surface area contributed by atoms with Crippen LogP contribution in [0.5, 0.6) is 0 Å². The molecule has 144 valence electrons. The van der Waals surface area contributed by atoms with Gasteiger partial charge in [-0.1, -0.05) is 6.92 Å². The molecule has 0 aliphatic carbocycles. The molecule has 0 saturated carbocycles. The number of likely N-dealkylation sites (N-methyl/N-ethyl adjacent to an activating group) is 1. The summed E-state index contributed by atoms with van der Waals surface area (Å²) in [5, 5.41) is 5.82. The highest BCUT2D eigenvalue weighted by molar-refractivity contribution is 6.00. The molecule has 27 heavy (non-hydrogen) atoms. The van der Waals surface area contributed by atoms with Gasteiger partial charge in [-0.05, 0) is 63.2 Å². The van der Waals surface area contributed by atoms with Gasteiger partial charge >= 0.3 is 6.03 Å². The van der Waals surface area contributed by atoms with Gasteiger partial charge in [-0.15, -0.1) is 0 Å². The molecule has 1 aromatic heterocycles. The number of aromatic nitrogens is 1. The van der Waals surface area contributed by atoms with E-state index >= 15 is 0 Å². The summed E-state index contributed by atoms with van der Waals surface area (Å²) in [7, 11) is 0. The van der Waals surface area contributed by atoms with Crippen LogP contribution in [0.3, 0.4) is 0 Å². The number of carbonyl (C=O) groups is 1. The third-order valence-corrected chi connectivity index (χ3v) is 5.12. The molecule has 1 aliphatic rings. The van der Waals surface area contributed by atoms with E-state index in [1.165, 1.54) is 5.69 Å². The van der Waals surface area contributed by atoms with Crippen molar-refractivity contribution in [2.75, 3.05) is 48.3 Å². The first-order valence-electron chi connectivity index (χ1n) is 9.56. The maximum Gasteiger partial charge on any atom is 0.323 e. The molecule has 1 fully saturated rings. The molecule has 1 aliphatic heterocycles. The number of hydrogen-bond donors (Lipinski definition) is 2. The molecular formula is C21H29N5O. The van der Waals surface area contributed by atoms with Crippen molar-refractivity contribution in [2.45, 2.75) is 27.7 Å². The van der Waals surface area contributed by atoms with Gasteiger partial charge < -0.3 is 20.4 Å². The molecule has 0 spiro atoms. The maximum absolute atomic E-state index is 12.4. The zero-order valence-electron chi connectivity index (χ0n) is 16.7. The standard InChI is InChI=1S/C21H29N5O/c1-5-25-10-12-26(13-11-25)18-7-9-19(15(2)14-18)23-21(27)24-20-8-6-16(3)22-17(20)4/h6-9,14H,5,10-13H2,1-4H3,(H2,23,24,27). The van der Waals surface area contributed by atoms with E-state index in [2.05, 4.69) is 44.5 Å². The molecule has 3 rings (SSSR count). The van der Waals surface area contributed by atoms with Gasteiger partial charge in [-0.3, -0.25) is 4.98 Å². The van der Waals surface area contributed by atoms with Crippen molar-refractivity contribution in [1.29, 1.82) is 0 Å². The molecule has 2 N–H and O–H groups in total. The second-order valence-electron chi connectivity index (χ2n) is 7.09.